The van der Waals surface area contributed by atoms with Gasteiger partial charge in [0.05, 0.1) is 10.9 Å². The van der Waals surface area contributed by atoms with Crippen LogP contribution >= 0.6 is 23.0 Å². The van der Waals surface area contributed by atoms with Gasteiger partial charge in [-0.2, -0.15) is 4.98 Å². The van der Waals surface area contributed by atoms with Crippen molar-refractivity contribution < 1.29 is 3.07 Å². The Bertz CT molecular complexity index is 686. The fraction of sp³-hybridized carbons (Fsp3) is 0. The number of rotatable bonds is 2. The van der Waals surface area contributed by atoms with E-state index in [1.165, 1.54) is 0 Å². The van der Waals surface area contributed by atoms with E-state index in [2.05, 4.69) is 9.97 Å². The first-order valence-corrected chi connectivity index (χ1v) is 6.37. The molecule has 0 aliphatic rings. The van der Waals surface area contributed by atoms with Crippen LogP contribution in [0, 0.1) is 0 Å². The van der Waals surface area contributed by atoms with Crippen LogP contribution in [0.1, 0.15) is 0 Å². The fourth-order valence-electron chi connectivity index (χ4n) is 1.82. The van der Waals surface area contributed by atoms with E-state index in [0.717, 1.165) is 16.5 Å². The number of hydrogen-bond donors (Lipinski definition) is 0. The van der Waals surface area contributed by atoms with Crippen molar-refractivity contribution in [2.24, 2.45) is 0 Å². The Morgan fingerprint density at radius 3 is 2.33 bits per heavy atom. The van der Waals surface area contributed by atoms with Gasteiger partial charge in [0.2, 0.25) is 5.88 Å². The molecule has 0 amide bonds. The van der Waals surface area contributed by atoms with Gasteiger partial charge in [-0.1, -0.05) is 42.5 Å². The summed E-state index contributed by atoms with van der Waals surface area (Å²) in [7, 11) is 0. The normalized spacial score (nSPS) is 10.5. The molecule has 0 unspecified atom stereocenters. The molecule has 2 aromatic carbocycles. The molecule has 0 bridgehead atoms. The van der Waals surface area contributed by atoms with Crippen LogP contribution in [0.2, 0.25) is 0 Å². The van der Waals surface area contributed by atoms with Crippen molar-refractivity contribution in [1.29, 1.82) is 0 Å². The summed E-state index contributed by atoms with van der Waals surface area (Å²) in [4.78, 5) is 9.01. The molecular weight excluding hydrogens is 339 g/mol. The Balaban J connectivity index is 2.26. The van der Waals surface area contributed by atoms with Gasteiger partial charge in [0, 0.05) is 5.56 Å². The van der Waals surface area contributed by atoms with Crippen LogP contribution in [0.25, 0.3) is 22.3 Å². The number of halogens is 1. The number of nitrogens with zero attached hydrogens (tertiary/aromatic N) is 2. The quantitative estimate of drug-likeness (QED) is 0.656. The third-order valence-corrected chi connectivity index (χ3v) is 3.09. The number of para-hydroxylation sites is 1. The van der Waals surface area contributed by atoms with Crippen LogP contribution in [-0.2, 0) is 0 Å². The van der Waals surface area contributed by atoms with Crippen molar-refractivity contribution in [3.63, 3.8) is 0 Å². The molecule has 0 N–H and O–H groups in total. The minimum atomic E-state index is 0.597. The SMILES string of the molecule is IOc1nc(-c2ccccc2)nc2ccccc12. The molecule has 1 aromatic heterocycles. The zero-order chi connectivity index (χ0) is 12.4. The van der Waals surface area contributed by atoms with Gasteiger partial charge in [-0.15, -0.1) is 0 Å². The van der Waals surface area contributed by atoms with Crippen molar-refractivity contribution in [2.45, 2.75) is 0 Å². The lowest BCUT2D eigenvalue weighted by Gasteiger charge is -2.06. The number of benzene rings is 2. The Kier molecular flexibility index (Phi) is 3.10. The summed E-state index contributed by atoms with van der Waals surface area (Å²) < 4.78 is 5.31. The van der Waals surface area contributed by atoms with E-state index < -0.39 is 0 Å². The third-order valence-electron chi connectivity index (χ3n) is 2.67. The Morgan fingerprint density at radius 1 is 0.833 bits per heavy atom. The average molecular weight is 348 g/mol. The maximum Gasteiger partial charge on any atom is 0.236 e. The highest BCUT2D eigenvalue weighted by Crippen LogP contribution is 2.27. The summed E-state index contributed by atoms with van der Waals surface area (Å²) >= 11 is 1.85. The molecule has 3 aromatic rings. The summed E-state index contributed by atoms with van der Waals surface area (Å²) in [6.45, 7) is 0. The number of hydrogen-bond acceptors (Lipinski definition) is 3. The third kappa shape index (κ3) is 2.03. The smallest absolute Gasteiger partial charge is 0.236 e. The maximum absolute atomic E-state index is 5.31. The van der Waals surface area contributed by atoms with E-state index in [4.69, 9.17) is 3.07 Å². The monoisotopic (exact) mass is 348 g/mol. The van der Waals surface area contributed by atoms with Crippen LogP contribution in [0.3, 0.4) is 0 Å². The van der Waals surface area contributed by atoms with Gasteiger partial charge in [0.25, 0.3) is 0 Å². The molecule has 3 rings (SSSR count). The van der Waals surface area contributed by atoms with E-state index in [-0.39, 0.29) is 0 Å². The first-order valence-electron chi connectivity index (χ1n) is 5.49. The lowest BCUT2D eigenvalue weighted by Crippen LogP contribution is -1.93. The molecule has 0 aliphatic heterocycles. The van der Waals surface area contributed by atoms with Crippen LogP contribution < -0.4 is 3.07 Å². The fourth-order valence-corrected chi connectivity index (χ4v) is 2.16. The molecule has 4 heteroatoms. The Morgan fingerprint density at radius 2 is 1.56 bits per heavy atom. The minimum Gasteiger partial charge on any atom is -0.407 e. The van der Waals surface area contributed by atoms with Gasteiger partial charge in [-0.25, -0.2) is 4.98 Å². The second-order valence-electron chi connectivity index (χ2n) is 3.81. The summed E-state index contributed by atoms with van der Waals surface area (Å²) in [5.74, 6) is 1.28. The van der Waals surface area contributed by atoms with Crippen LogP contribution in [0.15, 0.2) is 54.6 Å². The van der Waals surface area contributed by atoms with Crippen LogP contribution in [0.4, 0.5) is 0 Å². The van der Waals surface area contributed by atoms with Gasteiger partial charge in [-0.3, -0.25) is 0 Å². The molecule has 0 fully saturated rings. The Hall–Kier alpha value is -1.69. The molecule has 0 spiro atoms. The van der Waals surface area contributed by atoms with Crippen LogP contribution in [0.5, 0.6) is 5.88 Å². The predicted octanol–water partition coefficient (Wildman–Crippen LogP) is 4.03. The topological polar surface area (TPSA) is 35.0 Å². The van der Waals surface area contributed by atoms with Gasteiger partial charge in [-0.05, 0) is 12.1 Å². The molecule has 0 saturated carbocycles. The number of fused-ring (bicyclic) bond motifs is 1. The van der Waals surface area contributed by atoms with E-state index in [1.807, 2.05) is 77.6 Å². The van der Waals surface area contributed by atoms with Crippen molar-refractivity contribution >= 4 is 33.9 Å². The van der Waals surface area contributed by atoms with Crippen molar-refractivity contribution in [2.75, 3.05) is 0 Å². The van der Waals surface area contributed by atoms with Gasteiger partial charge in [0.1, 0.15) is 0 Å². The second-order valence-corrected chi connectivity index (χ2v) is 4.25. The Labute approximate surface area is 119 Å². The average Bonchev–Trinajstić information content (AvgIpc) is 2.47. The largest absolute Gasteiger partial charge is 0.407 e. The van der Waals surface area contributed by atoms with E-state index in [0.29, 0.717) is 11.7 Å². The van der Waals surface area contributed by atoms with Crippen molar-refractivity contribution in [3.8, 4) is 17.3 Å². The zero-order valence-electron chi connectivity index (χ0n) is 9.38. The van der Waals surface area contributed by atoms with E-state index in [1.54, 1.807) is 0 Å². The lowest BCUT2D eigenvalue weighted by atomic mass is 10.2. The summed E-state index contributed by atoms with van der Waals surface area (Å²) in [6.07, 6.45) is 0. The van der Waals surface area contributed by atoms with E-state index in [9.17, 15) is 0 Å². The molecule has 0 radical (unpaired) electrons. The minimum absolute atomic E-state index is 0.597. The van der Waals surface area contributed by atoms with E-state index >= 15 is 0 Å². The predicted molar refractivity (Wildman–Crippen MR) is 79.6 cm³/mol. The van der Waals surface area contributed by atoms with Crippen molar-refractivity contribution in [1.82, 2.24) is 9.97 Å². The van der Waals surface area contributed by atoms with Crippen molar-refractivity contribution in [3.05, 3.63) is 54.6 Å². The van der Waals surface area contributed by atoms with Gasteiger partial charge >= 0.3 is 0 Å². The highest BCUT2D eigenvalue weighted by molar-refractivity contribution is 14.1. The summed E-state index contributed by atoms with van der Waals surface area (Å²) in [5.41, 5.74) is 1.87. The van der Waals surface area contributed by atoms with Crippen LogP contribution in [-0.4, -0.2) is 9.97 Å². The highest BCUT2D eigenvalue weighted by Gasteiger charge is 2.09. The first-order chi connectivity index (χ1) is 8.88. The van der Waals surface area contributed by atoms with Gasteiger partial charge in [0.15, 0.2) is 28.8 Å². The molecule has 1 heterocycles. The molecule has 18 heavy (non-hydrogen) atoms. The second kappa shape index (κ2) is 4.89. The molecular formula is C14H9IN2O. The number of aromatic nitrogens is 2. The molecule has 3 nitrogen and oxygen atoms in total. The highest BCUT2D eigenvalue weighted by atomic mass is 127. The zero-order valence-corrected chi connectivity index (χ0v) is 11.5. The van der Waals surface area contributed by atoms with Gasteiger partial charge < -0.3 is 3.07 Å². The standard InChI is InChI=1S/C14H9IN2O/c15-18-14-11-8-4-5-9-12(11)16-13(17-14)10-6-2-1-3-7-10/h1-9H. The molecule has 0 aliphatic carbocycles. The lowest BCUT2D eigenvalue weighted by molar-refractivity contribution is 0.690. The maximum atomic E-state index is 5.31. The summed E-state index contributed by atoms with van der Waals surface area (Å²) in [6, 6.07) is 17.7. The first kappa shape index (κ1) is 11.4. The molecule has 0 atom stereocenters. The molecule has 0 saturated heterocycles. The summed E-state index contributed by atoms with van der Waals surface area (Å²) in [5, 5.41) is 0.923. The molecule has 88 valence electrons.